The Kier molecular flexibility index (Phi) is 8.16. The van der Waals surface area contributed by atoms with Gasteiger partial charge in [-0.2, -0.15) is 0 Å². The van der Waals surface area contributed by atoms with E-state index in [0.29, 0.717) is 30.2 Å². The Balaban J connectivity index is 1.73. The van der Waals surface area contributed by atoms with Gasteiger partial charge in [0.1, 0.15) is 11.6 Å². The second kappa shape index (κ2) is 11.2. The molecule has 0 fully saturated rings. The van der Waals surface area contributed by atoms with Crippen LogP contribution in [0.5, 0.6) is 0 Å². The number of fused-ring (bicyclic) bond motifs is 3. The third-order valence-electron chi connectivity index (χ3n) is 7.36. The van der Waals surface area contributed by atoms with Crippen molar-refractivity contribution in [3.8, 4) is 0 Å². The lowest BCUT2D eigenvalue weighted by atomic mass is 9.78. The number of benzene rings is 2. The van der Waals surface area contributed by atoms with Crippen molar-refractivity contribution in [3.05, 3.63) is 70.4 Å². The van der Waals surface area contributed by atoms with Crippen LogP contribution >= 0.6 is 11.6 Å². The standard InChI is InChI=1S/C30H37ClN4O3/c1-18(2)17-35-24-8-6-5-7-22(24)23-16-30(14-13-25(23)35,29(38)33-27(19(3)4)28(32)37)34-26(36)15-20-9-11-21(31)12-10-20/h5-12,18-19,27H,13-17H2,1-4H3,(H2,32,37)(H,33,38)(H,34,36)/t27-,30-/m0/s1. The molecule has 0 bridgehead atoms. The van der Waals surface area contributed by atoms with Gasteiger partial charge in [-0.15, -0.1) is 0 Å². The minimum atomic E-state index is -1.22. The highest BCUT2D eigenvalue weighted by Gasteiger charge is 2.45. The van der Waals surface area contributed by atoms with Crippen molar-refractivity contribution < 1.29 is 14.4 Å². The first kappa shape index (κ1) is 27.7. The highest BCUT2D eigenvalue weighted by molar-refractivity contribution is 6.30. The fourth-order valence-electron chi connectivity index (χ4n) is 5.51. The molecule has 1 aromatic heterocycles. The Morgan fingerprint density at radius 1 is 1.05 bits per heavy atom. The van der Waals surface area contributed by atoms with Gasteiger partial charge in [-0.1, -0.05) is 69.6 Å². The lowest BCUT2D eigenvalue weighted by molar-refractivity contribution is -0.136. The van der Waals surface area contributed by atoms with E-state index in [4.69, 9.17) is 17.3 Å². The molecule has 0 aliphatic heterocycles. The summed E-state index contributed by atoms with van der Waals surface area (Å²) in [5.41, 5.74) is 8.59. The van der Waals surface area contributed by atoms with Gasteiger partial charge in [0.05, 0.1) is 6.42 Å². The fraction of sp³-hybridized carbons (Fsp3) is 0.433. The molecule has 2 atom stereocenters. The Bertz CT molecular complexity index is 1350. The molecule has 4 N–H and O–H groups in total. The molecular formula is C30H37ClN4O3. The van der Waals surface area contributed by atoms with Gasteiger partial charge in [0.15, 0.2) is 0 Å². The number of carbonyl (C=O) groups is 3. The maximum Gasteiger partial charge on any atom is 0.246 e. The van der Waals surface area contributed by atoms with Crippen LogP contribution in [-0.4, -0.2) is 33.9 Å². The minimum absolute atomic E-state index is 0.109. The van der Waals surface area contributed by atoms with Crippen LogP contribution in [0.15, 0.2) is 48.5 Å². The molecule has 0 unspecified atom stereocenters. The molecule has 1 aliphatic carbocycles. The van der Waals surface area contributed by atoms with E-state index in [1.54, 1.807) is 24.3 Å². The van der Waals surface area contributed by atoms with Crippen LogP contribution in [0.1, 0.15) is 50.9 Å². The summed E-state index contributed by atoms with van der Waals surface area (Å²) in [4.78, 5) is 39.4. The SMILES string of the molecule is CC(C)Cn1c2c(c3ccccc31)C[C@](NC(=O)Cc1ccc(Cl)cc1)(C(=O)N[C@H](C(N)=O)C(C)C)CC2. The highest BCUT2D eigenvalue weighted by Crippen LogP contribution is 2.37. The molecule has 0 saturated heterocycles. The first-order chi connectivity index (χ1) is 18.0. The van der Waals surface area contributed by atoms with E-state index >= 15 is 0 Å². The molecule has 38 heavy (non-hydrogen) atoms. The lowest BCUT2D eigenvalue weighted by Gasteiger charge is -2.38. The number of carbonyl (C=O) groups excluding carboxylic acids is 3. The zero-order valence-electron chi connectivity index (χ0n) is 22.5. The van der Waals surface area contributed by atoms with Gasteiger partial charge in [0, 0.05) is 34.6 Å². The number of para-hydroxylation sites is 1. The molecule has 8 heteroatoms. The summed E-state index contributed by atoms with van der Waals surface area (Å²) in [7, 11) is 0. The number of aromatic nitrogens is 1. The Hall–Kier alpha value is -3.32. The van der Waals surface area contributed by atoms with Crippen LogP contribution < -0.4 is 16.4 Å². The molecule has 4 rings (SSSR count). The van der Waals surface area contributed by atoms with E-state index in [9.17, 15) is 14.4 Å². The number of nitrogens with two attached hydrogens (primary N) is 1. The molecule has 202 valence electrons. The van der Waals surface area contributed by atoms with Crippen molar-refractivity contribution in [2.75, 3.05) is 0 Å². The lowest BCUT2D eigenvalue weighted by Crippen LogP contribution is -2.64. The van der Waals surface area contributed by atoms with Gasteiger partial charge in [-0.05, 0) is 54.0 Å². The normalized spacial score (nSPS) is 17.9. The Morgan fingerprint density at radius 3 is 2.37 bits per heavy atom. The molecular weight excluding hydrogens is 500 g/mol. The van der Waals surface area contributed by atoms with E-state index in [1.807, 2.05) is 26.0 Å². The number of nitrogens with one attached hydrogen (secondary N) is 2. The van der Waals surface area contributed by atoms with Crippen molar-refractivity contribution in [1.29, 1.82) is 0 Å². The quantitative estimate of drug-likeness (QED) is 0.382. The van der Waals surface area contributed by atoms with Crippen LogP contribution in [0.25, 0.3) is 10.9 Å². The predicted octanol–water partition coefficient (Wildman–Crippen LogP) is 4.16. The average Bonchev–Trinajstić information content (AvgIpc) is 3.15. The molecule has 1 aliphatic rings. The number of rotatable bonds is 9. The molecule has 2 aromatic carbocycles. The number of amides is 3. The maximum absolute atomic E-state index is 13.9. The first-order valence-corrected chi connectivity index (χ1v) is 13.6. The van der Waals surface area contributed by atoms with Crippen molar-refractivity contribution in [1.82, 2.24) is 15.2 Å². The summed E-state index contributed by atoms with van der Waals surface area (Å²) in [6, 6.07) is 14.5. The number of hydrogen-bond donors (Lipinski definition) is 3. The van der Waals surface area contributed by atoms with Crippen molar-refractivity contribution in [2.45, 2.75) is 71.5 Å². The summed E-state index contributed by atoms with van der Waals surface area (Å²) < 4.78 is 2.35. The highest BCUT2D eigenvalue weighted by atomic mass is 35.5. The second-order valence-electron chi connectivity index (χ2n) is 11.2. The maximum atomic E-state index is 13.9. The van der Waals surface area contributed by atoms with Gasteiger partial charge in [0.2, 0.25) is 17.7 Å². The van der Waals surface area contributed by atoms with Gasteiger partial charge in [-0.25, -0.2) is 0 Å². The minimum Gasteiger partial charge on any atom is -0.368 e. The predicted molar refractivity (Wildman–Crippen MR) is 151 cm³/mol. The van der Waals surface area contributed by atoms with Crippen molar-refractivity contribution in [3.63, 3.8) is 0 Å². The van der Waals surface area contributed by atoms with E-state index in [2.05, 4.69) is 41.2 Å². The summed E-state index contributed by atoms with van der Waals surface area (Å²) in [5, 5.41) is 7.63. The molecule has 0 saturated carbocycles. The van der Waals surface area contributed by atoms with Crippen LogP contribution in [0, 0.1) is 11.8 Å². The molecule has 1 heterocycles. The number of primary amides is 1. The van der Waals surface area contributed by atoms with Crippen LogP contribution in [0.2, 0.25) is 5.02 Å². The third-order valence-corrected chi connectivity index (χ3v) is 7.61. The van der Waals surface area contributed by atoms with E-state index in [0.717, 1.165) is 28.6 Å². The van der Waals surface area contributed by atoms with Crippen LogP contribution in [0.3, 0.4) is 0 Å². The Labute approximate surface area is 229 Å². The summed E-state index contributed by atoms with van der Waals surface area (Å²) >= 11 is 6.00. The second-order valence-corrected chi connectivity index (χ2v) is 11.6. The topological polar surface area (TPSA) is 106 Å². The van der Waals surface area contributed by atoms with E-state index in [1.165, 1.54) is 5.69 Å². The number of halogens is 1. The summed E-state index contributed by atoms with van der Waals surface area (Å²) in [6.07, 6.45) is 1.47. The fourth-order valence-corrected chi connectivity index (χ4v) is 5.63. The van der Waals surface area contributed by atoms with Gasteiger partial charge >= 0.3 is 0 Å². The van der Waals surface area contributed by atoms with Crippen molar-refractivity contribution >= 4 is 40.2 Å². The average molecular weight is 537 g/mol. The largest absolute Gasteiger partial charge is 0.368 e. The monoisotopic (exact) mass is 536 g/mol. The van der Waals surface area contributed by atoms with Crippen molar-refractivity contribution in [2.24, 2.45) is 17.6 Å². The van der Waals surface area contributed by atoms with Gasteiger partial charge in [0.25, 0.3) is 0 Å². The van der Waals surface area contributed by atoms with Gasteiger partial charge < -0.3 is 20.9 Å². The summed E-state index contributed by atoms with van der Waals surface area (Å²) in [6.45, 7) is 8.91. The zero-order chi connectivity index (χ0) is 27.6. The molecule has 3 aromatic rings. The zero-order valence-corrected chi connectivity index (χ0v) is 23.3. The molecule has 0 radical (unpaired) electrons. The third kappa shape index (κ3) is 5.73. The smallest absolute Gasteiger partial charge is 0.246 e. The molecule has 0 spiro atoms. The van der Waals surface area contributed by atoms with Gasteiger partial charge in [-0.3, -0.25) is 14.4 Å². The number of hydrogen-bond acceptors (Lipinski definition) is 3. The number of nitrogens with zero attached hydrogens (tertiary/aromatic N) is 1. The van der Waals surface area contributed by atoms with Crippen LogP contribution in [-0.2, 0) is 40.2 Å². The van der Waals surface area contributed by atoms with E-state index in [-0.39, 0.29) is 24.2 Å². The van der Waals surface area contributed by atoms with E-state index < -0.39 is 17.5 Å². The summed E-state index contributed by atoms with van der Waals surface area (Å²) in [5.74, 6) is -0.986. The molecule has 3 amide bonds. The first-order valence-electron chi connectivity index (χ1n) is 13.3. The Morgan fingerprint density at radius 2 is 1.74 bits per heavy atom. The van der Waals surface area contributed by atoms with Crippen LogP contribution in [0.4, 0.5) is 0 Å². The molecule has 7 nitrogen and oxygen atoms in total.